The maximum absolute atomic E-state index is 6.31. The molecule has 5 rings (SSSR count). The number of fused-ring (bicyclic) bond motifs is 2. The molecule has 9 heteroatoms. The van der Waals surface area contributed by atoms with E-state index in [9.17, 15) is 0 Å². The second-order valence-electron chi connectivity index (χ2n) is 7.76. The molecular weight excluding hydrogens is 370 g/mol. The molecule has 0 bridgehead atoms. The molecular formula is C20H25N7O2. The summed E-state index contributed by atoms with van der Waals surface area (Å²) in [5.41, 5.74) is 8.59. The van der Waals surface area contributed by atoms with Crippen LogP contribution in [0.4, 0.5) is 11.8 Å². The van der Waals surface area contributed by atoms with Crippen molar-refractivity contribution in [1.29, 1.82) is 0 Å². The average molecular weight is 395 g/mol. The quantitative estimate of drug-likeness (QED) is 0.718. The summed E-state index contributed by atoms with van der Waals surface area (Å²) in [6, 6.07) is 6.36. The van der Waals surface area contributed by atoms with Crippen molar-refractivity contribution < 1.29 is 9.47 Å². The molecule has 29 heavy (non-hydrogen) atoms. The molecule has 3 aromatic rings. The summed E-state index contributed by atoms with van der Waals surface area (Å²) in [6.07, 6.45) is 0. The molecule has 0 aliphatic carbocycles. The van der Waals surface area contributed by atoms with Gasteiger partial charge in [0.05, 0.1) is 11.1 Å². The number of nitrogens with two attached hydrogens (primary N) is 1. The summed E-state index contributed by atoms with van der Waals surface area (Å²) in [5.74, 6) is 2.68. The standard InChI is InChI=1S/C20H25N7O2/c1-12(2)26-6-8-27(9-7-26)20-22-17(16-18(21)25(3)24-19(16)23-20)13-4-5-14-15(10-13)29-11-28-14/h4-5,10,12H,6-9,11,21H2,1-3H3. The third-order valence-electron chi connectivity index (χ3n) is 5.70. The van der Waals surface area contributed by atoms with Crippen LogP contribution in [0.3, 0.4) is 0 Å². The van der Waals surface area contributed by atoms with Gasteiger partial charge < -0.3 is 20.1 Å². The fourth-order valence-electron chi connectivity index (χ4n) is 3.94. The Morgan fingerprint density at radius 2 is 1.79 bits per heavy atom. The molecule has 2 aliphatic rings. The molecule has 0 spiro atoms. The van der Waals surface area contributed by atoms with Crippen LogP contribution in [0, 0.1) is 0 Å². The lowest BCUT2D eigenvalue weighted by molar-refractivity contribution is 0.174. The van der Waals surface area contributed by atoms with E-state index in [0.717, 1.165) is 48.6 Å². The molecule has 0 amide bonds. The maximum Gasteiger partial charge on any atom is 0.231 e. The van der Waals surface area contributed by atoms with Crippen molar-refractivity contribution in [2.24, 2.45) is 7.05 Å². The minimum Gasteiger partial charge on any atom is -0.454 e. The zero-order valence-corrected chi connectivity index (χ0v) is 16.9. The number of piperazine rings is 1. The third kappa shape index (κ3) is 3.02. The highest BCUT2D eigenvalue weighted by atomic mass is 16.7. The van der Waals surface area contributed by atoms with E-state index in [1.807, 2.05) is 25.2 Å². The predicted molar refractivity (Wildman–Crippen MR) is 111 cm³/mol. The van der Waals surface area contributed by atoms with E-state index in [1.165, 1.54) is 0 Å². The molecule has 1 aromatic carbocycles. The van der Waals surface area contributed by atoms with Gasteiger partial charge in [0.1, 0.15) is 5.82 Å². The van der Waals surface area contributed by atoms with Gasteiger partial charge >= 0.3 is 0 Å². The first-order valence-electron chi connectivity index (χ1n) is 9.90. The van der Waals surface area contributed by atoms with Gasteiger partial charge in [0.25, 0.3) is 0 Å². The Kier molecular flexibility index (Phi) is 4.20. The Hall–Kier alpha value is -3.07. The Morgan fingerprint density at radius 3 is 2.55 bits per heavy atom. The third-order valence-corrected chi connectivity index (χ3v) is 5.70. The van der Waals surface area contributed by atoms with Crippen LogP contribution in [0.5, 0.6) is 11.5 Å². The highest BCUT2D eigenvalue weighted by molar-refractivity contribution is 5.99. The Balaban J connectivity index is 1.59. The van der Waals surface area contributed by atoms with Crippen LogP contribution < -0.4 is 20.1 Å². The van der Waals surface area contributed by atoms with Gasteiger partial charge in [0.2, 0.25) is 12.7 Å². The van der Waals surface area contributed by atoms with Crippen molar-refractivity contribution in [2.45, 2.75) is 19.9 Å². The van der Waals surface area contributed by atoms with E-state index in [0.29, 0.717) is 29.2 Å². The monoisotopic (exact) mass is 395 g/mol. The minimum atomic E-state index is 0.235. The van der Waals surface area contributed by atoms with Crippen molar-refractivity contribution in [3.63, 3.8) is 0 Å². The molecule has 2 aromatic heterocycles. The first-order chi connectivity index (χ1) is 14.0. The number of ether oxygens (including phenoxy) is 2. The van der Waals surface area contributed by atoms with Gasteiger partial charge in [-0.25, -0.2) is 4.98 Å². The van der Waals surface area contributed by atoms with Crippen LogP contribution in [-0.2, 0) is 7.05 Å². The molecule has 0 atom stereocenters. The van der Waals surface area contributed by atoms with Crippen LogP contribution in [0.1, 0.15) is 13.8 Å². The number of nitrogen functional groups attached to an aromatic ring is 1. The average Bonchev–Trinajstić information content (AvgIpc) is 3.31. The number of aromatic nitrogens is 4. The van der Waals surface area contributed by atoms with Crippen LogP contribution in [0.25, 0.3) is 22.3 Å². The number of nitrogens with zero attached hydrogens (tertiary/aromatic N) is 6. The summed E-state index contributed by atoms with van der Waals surface area (Å²) in [7, 11) is 1.82. The van der Waals surface area contributed by atoms with E-state index < -0.39 is 0 Å². The van der Waals surface area contributed by atoms with E-state index in [4.69, 9.17) is 25.2 Å². The van der Waals surface area contributed by atoms with Gasteiger partial charge in [-0.2, -0.15) is 10.1 Å². The minimum absolute atomic E-state index is 0.235. The highest BCUT2D eigenvalue weighted by Crippen LogP contribution is 2.38. The highest BCUT2D eigenvalue weighted by Gasteiger charge is 2.25. The van der Waals surface area contributed by atoms with E-state index in [2.05, 4.69) is 28.7 Å². The van der Waals surface area contributed by atoms with Gasteiger partial charge in [0.15, 0.2) is 17.1 Å². The number of benzene rings is 1. The smallest absolute Gasteiger partial charge is 0.231 e. The lowest BCUT2D eigenvalue weighted by Gasteiger charge is -2.36. The second kappa shape index (κ2) is 6.77. The van der Waals surface area contributed by atoms with Crippen molar-refractivity contribution >= 4 is 22.8 Å². The molecule has 1 fully saturated rings. The fraction of sp³-hybridized carbons (Fsp3) is 0.450. The molecule has 2 N–H and O–H groups in total. The Morgan fingerprint density at radius 1 is 1.03 bits per heavy atom. The lowest BCUT2D eigenvalue weighted by Crippen LogP contribution is -2.49. The molecule has 0 saturated carbocycles. The summed E-state index contributed by atoms with van der Waals surface area (Å²) in [4.78, 5) is 14.4. The number of anilines is 2. The zero-order chi connectivity index (χ0) is 20.1. The molecule has 9 nitrogen and oxygen atoms in total. The fourth-order valence-corrected chi connectivity index (χ4v) is 3.94. The van der Waals surface area contributed by atoms with Crippen molar-refractivity contribution in [3.05, 3.63) is 18.2 Å². The maximum atomic E-state index is 6.31. The predicted octanol–water partition coefficient (Wildman–Crippen LogP) is 1.87. The van der Waals surface area contributed by atoms with Crippen molar-refractivity contribution in [1.82, 2.24) is 24.6 Å². The first-order valence-corrected chi connectivity index (χ1v) is 9.90. The number of aryl methyl sites for hydroxylation is 1. The molecule has 0 unspecified atom stereocenters. The Labute approximate surface area is 169 Å². The normalized spacial score (nSPS) is 16.9. The summed E-state index contributed by atoms with van der Waals surface area (Å²) in [5, 5.41) is 5.28. The molecule has 0 radical (unpaired) electrons. The van der Waals surface area contributed by atoms with Gasteiger partial charge in [0, 0.05) is 44.8 Å². The van der Waals surface area contributed by atoms with Crippen LogP contribution in [0.2, 0.25) is 0 Å². The summed E-state index contributed by atoms with van der Waals surface area (Å²) >= 11 is 0. The SMILES string of the molecule is CC(C)N1CCN(c2nc(-c3ccc4c(c3)OCO4)c3c(N)n(C)nc3n2)CC1. The second-order valence-corrected chi connectivity index (χ2v) is 7.76. The molecule has 2 aliphatic heterocycles. The Bertz CT molecular complexity index is 1070. The number of hydrogen-bond donors (Lipinski definition) is 1. The topological polar surface area (TPSA) is 94.6 Å². The van der Waals surface area contributed by atoms with Crippen LogP contribution in [-0.4, -0.2) is 63.7 Å². The van der Waals surface area contributed by atoms with Gasteiger partial charge in [-0.3, -0.25) is 9.58 Å². The lowest BCUT2D eigenvalue weighted by atomic mass is 10.1. The van der Waals surface area contributed by atoms with Crippen LogP contribution >= 0.6 is 0 Å². The summed E-state index contributed by atoms with van der Waals surface area (Å²) < 4.78 is 12.6. The molecule has 152 valence electrons. The van der Waals surface area contributed by atoms with Gasteiger partial charge in [-0.15, -0.1) is 0 Å². The molecule has 4 heterocycles. The van der Waals surface area contributed by atoms with Crippen molar-refractivity contribution in [2.75, 3.05) is 43.6 Å². The van der Waals surface area contributed by atoms with E-state index in [1.54, 1.807) is 4.68 Å². The van der Waals surface area contributed by atoms with Crippen LogP contribution in [0.15, 0.2) is 18.2 Å². The van der Waals surface area contributed by atoms with Crippen molar-refractivity contribution in [3.8, 4) is 22.8 Å². The zero-order valence-electron chi connectivity index (χ0n) is 16.9. The molecule has 1 saturated heterocycles. The van der Waals surface area contributed by atoms with Gasteiger partial charge in [-0.1, -0.05) is 0 Å². The largest absolute Gasteiger partial charge is 0.454 e. The number of hydrogen-bond acceptors (Lipinski definition) is 8. The van der Waals surface area contributed by atoms with Gasteiger partial charge in [-0.05, 0) is 32.0 Å². The van der Waals surface area contributed by atoms with E-state index >= 15 is 0 Å². The van der Waals surface area contributed by atoms with E-state index in [-0.39, 0.29) is 6.79 Å². The summed E-state index contributed by atoms with van der Waals surface area (Å²) in [6.45, 7) is 8.43. The first kappa shape index (κ1) is 18.0. The number of rotatable bonds is 3.